The number of fused-ring (bicyclic) bond motifs is 4. The van der Waals surface area contributed by atoms with Crippen molar-refractivity contribution in [1.29, 1.82) is 0 Å². The van der Waals surface area contributed by atoms with Gasteiger partial charge in [-0.05, 0) is 85.3 Å². The number of carbonyl (C=O) groups excluding carboxylic acids is 3. The summed E-state index contributed by atoms with van der Waals surface area (Å²) < 4.78 is 38.8. The monoisotopic (exact) mass is 793 g/mol. The van der Waals surface area contributed by atoms with E-state index >= 15 is 0 Å². The fourth-order valence-electron chi connectivity index (χ4n) is 8.91. The first kappa shape index (κ1) is 43.3. The first-order valence-electron chi connectivity index (χ1n) is 19.5. The highest BCUT2D eigenvalue weighted by atomic mass is 35.5. The van der Waals surface area contributed by atoms with Crippen molar-refractivity contribution < 1.29 is 52.7 Å². The zero-order valence-electron chi connectivity index (χ0n) is 33.8. The van der Waals surface area contributed by atoms with E-state index in [1.165, 1.54) is 0 Å². The van der Waals surface area contributed by atoms with Crippen molar-refractivity contribution in [2.45, 2.75) is 141 Å². The number of cyclic esters (lactones) is 1. The second-order valence-corrected chi connectivity index (χ2v) is 16.9. The topological polar surface area (TPSA) is 164 Å². The summed E-state index contributed by atoms with van der Waals surface area (Å²) >= 11 is 6.07. The van der Waals surface area contributed by atoms with Gasteiger partial charge in [0.05, 0.1) is 54.8 Å². The molecule has 0 saturated carbocycles. The Morgan fingerprint density at radius 3 is 2.40 bits per heavy atom. The molecule has 0 aromatic heterocycles. The van der Waals surface area contributed by atoms with Crippen molar-refractivity contribution >= 4 is 35.2 Å². The molecule has 55 heavy (non-hydrogen) atoms. The molecule has 0 aliphatic carbocycles. The molecule has 5 rings (SSSR count). The second-order valence-electron chi connectivity index (χ2n) is 16.5. The fraction of sp³-hybridized carbons (Fsp3) is 0.750. The van der Waals surface area contributed by atoms with E-state index in [0.717, 1.165) is 0 Å². The first-order valence-corrected chi connectivity index (χ1v) is 19.9. The number of likely N-dealkylation sites (N-methyl/N-ethyl adjacent to an activating group) is 1. The number of aliphatic hydroxyl groups excluding tert-OH is 1. The summed E-state index contributed by atoms with van der Waals surface area (Å²) in [4.78, 5) is 49.3. The highest BCUT2D eigenvalue weighted by Crippen LogP contribution is 2.42. The van der Waals surface area contributed by atoms with Gasteiger partial charge in [0.2, 0.25) is 0 Å². The molecular weight excluding hydrogens is 734 g/mol. The average molecular weight is 794 g/mol. The number of oxime groups is 1. The van der Waals surface area contributed by atoms with Crippen LogP contribution in [0.1, 0.15) is 81.1 Å². The molecule has 0 unspecified atom stereocenters. The predicted octanol–water partition coefficient (Wildman–Crippen LogP) is 5.16. The Labute approximate surface area is 329 Å². The van der Waals surface area contributed by atoms with Gasteiger partial charge in [-0.25, -0.2) is 4.79 Å². The Morgan fingerprint density at radius 1 is 1.05 bits per heavy atom. The summed E-state index contributed by atoms with van der Waals surface area (Å²) in [6, 6.07) is 5.77. The number of benzene rings is 1. The molecule has 4 fully saturated rings. The molecule has 1 aromatic rings. The average Bonchev–Trinajstić information content (AvgIpc) is 3.45. The van der Waals surface area contributed by atoms with Crippen LogP contribution in [0.15, 0.2) is 29.4 Å². The van der Waals surface area contributed by atoms with Gasteiger partial charge in [-0.15, -0.1) is 0 Å². The maximum absolute atomic E-state index is 14.4. The largest absolute Gasteiger partial charge is 0.458 e. The van der Waals surface area contributed by atoms with Gasteiger partial charge in [0.1, 0.15) is 18.0 Å². The SMILES string of the molecule is CC[C@H]1OC(=O)[C@H](C)[C@H]2OC/C(=N\Oc3ccc(Cl)cc3)CCO[C@](C)(C[C@@H](C)C(=O)[C@H](C)[C@H]3NC(=O)O[C@@]31C)[C@H](O[C@@H]1O[C@H](C)C[C@H](N(C)C)[C@H]1O)[C@H]2C. The molecule has 4 heterocycles. The maximum atomic E-state index is 14.4. The molecule has 1 aromatic carbocycles. The quantitative estimate of drug-likeness (QED) is 0.288. The molecule has 4 saturated heterocycles. The summed E-state index contributed by atoms with van der Waals surface area (Å²) in [6.07, 6.45) is -4.19. The molecule has 14 atom stereocenters. The number of hydrogen-bond donors (Lipinski definition) is 2. The number of amides is 1. The summed E-state index contributed by atoms with van der Waals surface area (Å²) in [6.45, 7) is 14.7. The zero-order chi connectivity index (χ0) is 40.4. The van der Waals surface area contributed by atoms with Crippen molar-refractivity contribution in [3.63, 3.8) is 0 Å². The molecule has 0 radical (unpaired) electrons. The third-order valence-corrected chi connectivity index (χ3v) is 12.2. The van der Waals surface area contributed by atoms with Crippen LogP contribution in [0.25, 0.3) is 0 Å². The number of rotatable bonds is 6. The number of nitrogens with zero attached hydrogens (tertiary/aromatic N) is 2. The van der Waals surface area contributed by atoms with E-state index in [-0.39, 0.29) is 37.6 Å². The number of nitrogens with one attached hydrogen (secondary N) is 1. The number of Topliss-reactive ketones (excluding diaryl/α,β-unsaturated/α-hetero) is 1. The molecule has 0 spiro atoms. The van der Waals surface area contributed by atoms with E-state index < -0.39 is 83.7 Å². The molecule has 4 aliphatic heterocycles. The lowest BCUT2D eigenvalue weighted by molar-refractivity contribution is -0.304. The van der Waals surface area contributed by atoms with Gasteiger partial charge >= 0.3 is 12.1 Å². The van der Waals surface area contributed by atoms with Crippen LogP contribution in [0, 0.1) is 23.7 Å². The van der Waals surface area contributed by atoms with E-state index in [9.17, 15) is 19.5 Å². The molecule has 2 bridgehead atoms. The number of carbonyl (C=O) groups is 3. The van der Waals surface area contributed by atoms with E-state index in [0.29, 0.717) is 35.7 Å². The maximum Gasteiger partial charge on any atom is 0.408 e. The highest BCUT2D eigenvalue weighted by molar-refractivity contribution is 6.30. The lowest BCUT2D eigenvalue weighted by atomic mass is 9.73. The Bertz CT molecular complexity index is 1550. The minimum atomic E-state index is -1.33. The van der Waals surface area contributed by atoms with Gasteiger partial charge in [0.25, 0.3) is 0 Å². The third-order valence-electron chi connectivity index (χ3n) is 12.0. The van der Waals surface area contributed by atoms with Crippen LogP contribution in [-0.2, 0) is 38.0 Å². The van der Waals surface area contributed by atoms with Gasteiger partial charge in [0.15, 0.2) is 17.6 Å². The minimum Gasteiger partial charge on any atom is -0.458 e. The molecule has 2 N–H and O–H groups in total. The third kappa shape index (κ3) is 9.48. The Kier molecular flexibility index (Phi) is 14.0. The minimum absolute atomic E-state index is 0.0137. The Balaban J connectivity index is 1.60. The number of hydrogen-bond acceptors (Lipinski definition) is 13. The lowest BCUT2D eigenvalue weighted by Gasteiger charge is -2.49. The number of halogens is 1. The van der Waals surface area contributed by atoms with Crippen molar-refractivity contribution in [1.82, 2.24) is 10.2 Å². The zero-order valence-corrected chi connectivity index (χ0v) is 34.5. The van der Waals surface area contributed by atoms with Gasteiger partial charge in [-0.2, -0.15) is 0 Å². The van der Waals surface area contributed by atoms with Crippen LogP contribution >= 0.6 is 11.6 Å². The standard InChI is InChI=1S/C40H60ClN3O11/c1-11-30-40(8)34(42-38(48)54-40)23(4)31(45)21(2)19-39(7)35(53-37-32(46)29(44(9)10)18-22(3)51-37)24(5)33(25(6)36(47)52-30)49-20-27(16-17-50-39)43-55-28-14-12-26(41)13-15-28/h12-15,21-25,29-30,32-35,37,46H,11,16-20H2,1-10H3,(H,42,48)/b43-27-/t21-,22-,23+,24+,25-,29+,30-,32-,33+,34-,35-,37+,39-,40-/m1/s1. The Hall–Kier alpha value is -2.85. The molecular formula is C40H60ClN3O11. The van der Waals surface area contributed by atoms with Crippen LogP contribution in [-0.4, -0.2) is 121 Å². The van der Waals surface area contributed by atoms with Gasteiger partial charge in [-0.3, -0.25) is 9.59 Å². The lowest BCUT2D eigenvalue weighted by Crippen LogP contribution is -2.61. The van der Waals surface area contributed by atoms with Crippen LogP contribution in [0.2, 0.25) is 5.02 Å². The first-order chi connectivity index (χ1) is 25.9. The molecule has 14 nitrogen and oxygen atoms in total. The van der Waals surface area contributed by atoms with Gasteiger partial charge in [0, 0.05) is 35.2 Å². The smallest absolute Gasteiger partial charge is 0.408 e. The summed E-state index contributed by atoms with van der Waals surface area (Å²) in [5.41, 5.74) is -2.01. The molecule has 15 heteroatoms. The van der Waals surface area contributed by atoms with Crippen LogP contribution in [0.3, 0.4) is 0 Å². The van der Waals surface area contributed by atoms with Crippen molar-refractivity contribution in [3.8, 4) is 5.75 Å². The fourth-order valence-corrected chi connectivity index (χ4v) is 9.04. The number of alkyl carbamates (subject to hydrolysis) is 1. The van der Waals surface area contributed by atoms with Crippen LogP contribution < -0.4 is 10.2 Å². The number of esters is 1. The summed E-state index contributed by atoms with van der Waals surface area (Å²) in [5, 5.41) is 19.4. The van der Waals surface area contributed by atoms with Crippen molar-refractivity contribution in [2.75, 3.05) is 27.3 Å². The van der Waals surface area contributed by atoms with E-state index in [2.05, 4.69) is 10.5 Å². The number of aliphatic hydroxyl groups is 1. The number of ether oxygens (including phenoxy) is 6. The van der Waals surface area contributed by atoms with Crippen LogP contribution in [0.5, 0.6) is 5.75 Å². The molecule has 1 amide bonds. The van der Waals surface area contributed by atoms with Crippen molar-refractivity contribution in [3.05, 3.63) is 29.3 Å². The predicted molar refractivity (Wildman–Crippen MR) is 204 cm³/mol. The Morgan fingerprint density at radius 2 is 1.75 bits per heavy atom. The van der Waals surface area contributed by atoms with E-state index in [1.807, 2.05) is 53.6 Å². The normalized spacial score (nSPS) is 41.5. The van der Waals surface area contributed by atoms with Crippen molar-refractivity contribution in [2.24, 2.45) is 28.8 Å². The van der Waals surface area contributed by atoms with Gasteiger partial charge in [-0.1, -0.05) is 44.5 Å². The van der Waals surface area contributed by atoms with E-state index in [1.54, 1.807) is 45.0 Å². The highest BCUT2D eigenvalue weighted by Gasteiger charge is 2.57. The molecule has 308 valence electrons. The van der Waals surface area contributed by atoms with Crippen LogP contribution in [0.4, 0.5) is 4.79 Å². The molecule has 4 aliphatic rings. The summed E-state index contributed by atoms with van der Waals surface area (Å²) in [7, 11) is 3.81. The summed E-state index contributed by atoms with van der Waals surface area (Å²) in [5.74, 6) is -3.05. The van der Waals surface area contributed by atoms with E-state index in [4.69, 9.17) is 44.9 Å². The van der Waals surface area contributed by atoms with Gasteiger partial charge < -0.3 is 48.6 Å². The number of ketones is 1. The second kappa shape index (κ2) is 17.7.